The largest absolute Gasteiger partial charge is 0.485 e. The van der Waals surface area contributed by atoms with Crippen molar-refractivity contribution in [3.63, 3.8) is 0 Å². The highest BCUT2D eigenvalue weighted by molar-refractivity contribution is 8.93. The summed E-state index contributed by atoms with van der Waals surface area (Å²) in [4.78, 5) is 19.5. The number of nitrogens with one attached hydrogen (secondary N) is 2. The molecule has 0 spiro atoms. The first-order chi connectivity index (χ1) is 15.3. The van der Waals surface area contributed by atoms with Crippen LogP contribution >= 0.6 is 17.0 Å². The Kier molecular flexibility index (Phi) is 7.26. The van der Waals surface area contributed by atoms with Gasteiger partial charge in [-0.2, -0.15) is 0 Å². The van der Waals surface area contributed by atoms with E-state index in [0.717, 1.165) is 23.2 Å². The number of nitrogens with zero attached hydrogens (tertiary/aromatic N) is 5. The summed E-state index contributed by atoms with van der Waals surface area (Å²) < 4.78 is 5.92. The number of rotatable bonds is 7. The van der Waals surface area contributed by atoms with E-state index >= 15 is 0 Å². The summed E-state index contributed by atoms with van der Waals surface area (Å²) in [7, 11) is 0. The highest BCUT2D eigenvalue weighted by Crippen LogP contribution is 2.33. The van der Waals surface area contributed by atoms with Gasteiger partial charge >= 0.3 is 0 Å². The Hall–Kier alpha value is -3.14. The molecule has 0 saturated heterocycles. The summed E-state index contributed by atoms with van der Waals surface area (Å²) in [6.45, 7) is 9.12. The standard InChI is InChI=1S/C23H27N7O2.BrH/c1-5-16-8-6-15-11-30(22(24)21(15)25-16)12-18(31)14-7-9-19(17(10-14)23(2,3)4)32-13-20-26-28-29-27-20;/h6-10,24H,5,11-13H2,1-4H3,(H,26,27,28,29);1H. The van der Waals surface area contributed by atoms with Crippen LogP contribution in [0.1, 0.15) is 66.4 Å². The van der Waals surface area contributed by atoms with Crippen molar-refractivity contribution in [3.05, 3.63) is 64.2 Å². The first-order valence-corrected chi connectivity index (χ1v) is 10.6. The molecule has 174 valence electrons. The maximum atomic E-state index is 13.1. The van der Waals surface area contributed by atoms with Gasteiger partial charge < -0.3 is 9.64 Å². The molecule has 1 aliphatic rings. The number of hydrogen-bond acceptors (Lipinski definition) is 7. The van der Waals surface area contributed by atoms with Crippen molar-refractivity contribution < 1.29 is 9.53 Å². The Morgan fingerprint density at radius 2 is 2.03 bits per heavy atom. The molecule has 0 bridgehead atoms. The predicted octanol–water partition coefficient (Wildman–Crippen LogP) is 3.64. The fourth-order valence-corrected chi connectivity index (χ4v) is 3.69. The number of aryl methyl sites for hydroxylation is 1. The van der Waals surface area contributed by atoms with Gasteiger partial charge in [-0.05, 0) is 46.5 Å². The third-order valence-electron chi connectivity index (χ3n) is 5.50. The minimum absolute atomic E-state index is 0. The van der Waals surface area contributed by atoms with Crippen LogP contribution in [0.15, 0.2) is 30.3 Å². The van der Waals surface area contributed by atoms with Gasteiger partial charge in [0.15, 0.2) is 11.6 Å². The molecule has 9 nitrogen and oxygen atoms in total. The van der Waals surface area contributed by atoms with Gasteiger partial charge in [0.05, 0.1) is 6.54 Å². The fourth-order valence-electron chi connectivity index (χ4n) is 3.69. The maximum absolute atomic E-state index is 13.1. The van der Waals surface area contributed by atoms with Crippen molar-refractivity contribution in [3.8, 4) is 5.75 Å². The van der Waals surface area contributed by atoms with E-state index in [2.05, 4.69) is 46.4 Å². The van der Waals surface area contributed by atoms with Crippen molar-refractivity contribution in [2.75, 3.05) is 6.54 Å². The van der Waals surface area contributed by atoms with E-state index < -0.39 is 0 Å². The smallest absolute Gasteiger partial charge is 0.186 e. The second-order valence-corrected chi connectivity index (χ2v) is 8.89. The van der Waals surface area contributed by atoms with Crippen LogP contribution in [0.3, 0.4) is 0 Å². The van der Waals surface area contributed by atoms with Gasteiger partial charge in [-0.3, -0.25) is 10.2 Å². The molecule has 10 heteroatoms. The predicted molar refractivity (Wildman–Crippen MR) is 129 cm³/mol. The van der Waals surface area contributed by atoms with Crippen LogP contribution in [0.4, 0.5) is 0 Å². The molecule has 0 amide bonds. The number of pyridine rings is 1. The van der Waals surface area contributed by atoms with Crippen molar-refractivity contribution >= 4 is 28.6 Å². The zero-order valence-electron chi connectivity index (χ0n) is 19.2. The maximum Gasteiger partial charge on any atom is 0.186 e. The van der Waals surface area contributed by atoms with E-state index in [-0.39, 0.29) is 41.3 Å². The molecule has 0 fully saturated rings. The van der Waals surface area contributed by atoms with E-state index in [1.165, 1.54) is 0 Å². The second kappa shape index (κ2) is 9.78. The number of ketones is 1. The Morgan fingerprint density at radius 1 is 1.24 bits per heavy atom. The number of aromatic nitrogens is 5. The molecule has 0 aliphatic carbocycles. The van der Waals surface area contributed by atoms with Crippen LogP contribution in [0, 0.1) is 5.41 Å². The first kappa shape index (κ1) is 24.5. The minimum Gasteiger partial charge on any atom is -0.485 e. The number of carbonyl (C=O) groups is 1. The second-order valence-electron chi connectivity index (χ2n) is 8.89. The van der Waals surface area contributed by atoms with E-state index in [9.17, 15) is 4.79 Å². The molecule has 3 heterocycles. The average Bonchev–Trinajstić information content (AvgIpc) is 3.39. The molecule has 3 aromatic rings. The monoisotopic (exact) mass is 513 g/mol. The molecule has 4 rings (SSSR count). The number of Topliss-reactive ketones (excluding diaryl/α,β-unsaturated/α-hetero) is 1. The quantitative estimate of drug-likeness (QED) is 0.462. The summed E-state index contributed by atoms with van der Waals surface area (Å²) in [6, 6.07) is 9.47. The topological polar surface area (TPSA) is 121 Å². The highest BCUT2D eigenvalue weighted by Gasteiger charge is 2.28. The van der Waals surface area contributed by atoms with E-state index in [1.807, 2.05) is 31.2 Å². The van der Waals surface area contributed by atoms with Crippen molar-refractivity contribution in [2.45, 2.75) is 52.7 Å². The first-order valence-electron chi connectivity index (χ1n) is 10.6. The average molecular weight is 514 g/mol. The Balaban J connectivity index is 0.00000306. The van der Waals surface area contributed by atoms with E-state index in [4.69, 9.17) is 10.1 Å². The molecule has 0 atom stereocenters. The van der Waals surface area contributed by atoms with Gasteiger partial charge in [0.25, 0.3) is 0 Å². The van der Waals surface area contributed by atoms with E-state index in [1.54, 1.807) is 11.0 Å². The number of halogens is 1. The number of H-pyrrole nitrogens is 1. The molecule has 33 heavy (non-hydrogen) atoms. The van der Waals surface area contributed by atoms with Crippen molar-refractivity contribution in [2.24, 2.45) is 0 Å². The SMILES string of the molecule is Br.CCc1ccc2c(n1)C(=N)N(CC(=O)c1ccc(OCc3nnn[nH]3)c(C(C)(C)C)c1)C2. The van der Waals surface area contributed by atoms with Gasteiger partial charge in [-0.25, -0.2) is 10.1 Å². The third-order valence-corrected chi connectivity index (χ3v) is 5.50. The lowest BCUT2D eigenvalue weighted by Crippen LogP contribution is -2.30. The van der Waals surface area contributed by atoms with Crippen molar-refractivity contribution in [1.29, 1.82) is 5.41 Å². The van der Waals surface area contributed by atoms with Gasteiger partial charge in [0.2, 0.25) is 0 Å². The van der Waals surface area contributed by atoms with Gasteiger partial charge in [0.1, 0.15) is 23.9 Å². The number of fused-ring (bicyclic) bond motifs is 1. The lowest BCUT2D eigenvalue weighted by Gasteiger charge is -2.24. The Bertz CT molecular complexity index is 1160. The molecule has 0 saturated carbocycles. The molecular weight excluding hydrogens is 486 g/mol. The van der Waals surface area contributed by atoms with Crippen LogP contribution in [0.5, 0.6) is 5.75 Å². The number of carbonyl (C=O) groups excluding carboxylic acids is 1. The van der Waals surface area contributed by atoms with Crippen molar-refractivity contribution in [1.82, 2.24) is 30.5 Å². The molecule has 2 N–H and O–H groups in total. The lowest BCUT2D eigenvalue weighted by molar-refractivity contribution is 0.0962. The number of ether oxygens (including phenoxy) is 1. The zero-order valence-corrected chi connectivity index (χ0v) is 20.9. The van der Waals surface area contributed by atoms with E-state index in [0.29, 0.717) is 35.2 Å². The summed E-state index contributed by atoms with van der Waals surface area (Å²) in [5, 5.41) is 22.1. The molecule has 0 unspecified atom stereocenters. The fraction of sp³-hybridized carbons (Fsp3) is 0.391. The van der Waals surface area contributed by atoms with Gasteiger partial charge in [-0.1, -0.05) is 33.8 Å². The van der Waals surface area contributed by atoms with Gasteiger partial charge in [-0.15, -0.1) is 22.1 Å². The molecular formula is C23H28BrN7O2. The summed E-state index contributed by atoms with van der Waals surface area (Å²) in [5.74, 6) is 1.47. The Morgan fingerprint density at radius 3 is 2.70 bits per heavy atom. The normalized spacial score (nSPS) is 13.0. The van der Waals surface area contributed by atoms with Gasteiger partial charge in [0, 0.05) is 28.9 Å². The third kappa shape index (κ3) is 5.27. The molecule has 1 aliphatic heterocycles. The number of tetrazole rings is 1. The molecule has 0 radical (unpaired) electrons. The van der Waals surface area contributed by atoms with Crippen LogP contribution < -0.4 is 4.74 Å². The van der Waals surface area contributed by atoms with Crippen LogP contribution in [-0.2, 0) is 25.0 Å². The lowest BCUT2D eigenvalue weighted by atomic mass is 9.85. The number of aromatic amines is 1. The molecule has 2 aromatic heterocycles. The van der Waals surface area contributed by atoms with Crippen LogP contribution in [0.25, 0.3) is 0 Å². The Labute approximate surface area is 203 Å². The van der Waals surface area contributed by atoms with Crippen LogP contribution in [-0.4, -0.2) is 48.7 Å². The van der Waals surface area contributed by atoms with Crippen LogP contribution in [0.2, 0.25) is 0 Å². The summed E-state index contributed by atoms with van der Waals surface area (Å²) in [5.41, 5.74) is 3.90. The molecule has 1 aromatic carbocycles. The zero-order chi connectivity index (χ0) is 22.9. The number of amidine groups is 1. The number of benzene rings is 1. The minimum atomic E-state index is -0.234. The highest BCUT2D eigenvalue weighted by atomic mass is 79.9. The summed E-state index contributed by atoms with van der Waals surface area (Å²) in [6.07, 6.45) is 0.816. The summed E-state index contributed by atoms with van der Waals surface area (Å²) >= 11 is 0. The number of hydrogen-bond donors (Lipinski definition) is 2.